The molecule has 10 heteroatoms. The third kappa shape index (κ3) is 4.19. The van der Waals surface area contributed by atoms with Crippen LogP contribution in [-0.4, -0.2) is 41.5 Å². The van der Waals surface area contributed by atoms with Crippen molar-refractivity contribution in [2.75, 3.05) is 31.4 Å². The normalized spacial score (nSPS) is 11.5. The Morgan fingerprint density at radius 3 is 2.45 bits per heavy atom. The summed E-state index contributed by atoms with van der Waals surface area (Å²) in [5.74, 6) is 0.117. The molecule has 0 bridgehead atoms. The molecule has 0 saturated heterocycles. The number of hydrogen-bond acceptors (Lipinski definition) is 5. The number of fused-ring (bicyclic) bond motifs is 1. The lowest BCUT2D eigenvalue weighted by Crippen LogP contribution is -2.27. The van der Waals surface area contributed by atoms with Crippen molar-refractivity contribution < 1.29 is 22.7 Å². The molecule has 0 atom stereocenters. The minimum atomic E-state index is -4.42. The molecule has 0 aliphatic heterocycles. The zero-order valence-electron chi connectivity index (χ0n) is 18.0. The minimum Gasteiger partial charge on any atom is -0.494 e. The van der Waals surface area contributed by atoms with E-state index in [1.807, 2.05) is 6.07 Å². The van der Waals surface area contributed by atoms with Crippen molar-refractivity contribution in [2.24, 2.45) is 0 Å². The molecule has 170 valence electrons. The van der Waals surface area contributed by atoms with E-state index in [2.05, 4.69) is 15.3 Å². The minimum absolute atomic E-state index is 0.135. The topological polar surface area (TPSA) is 71.8 Å². The van der Waals surface area contributed by atoms with Gasteiger partial charge in [-0.25, -0.2) is 9.97 Å². The van der Waals surface area contributed by atoms with Gasteiger partial charge in [-0.1, -0.05) is 12.1 Å². The number of carbonyl (C=O) groups excluding carboxylic acids is 1. The summed E-state index contributed by atoms with van der Waals surface area (Å²) in [5, 5.41) is 3.01. The molecule has 2 aromatic carbocycles. The molecule has 1 amide bonds. The second-order valence-corrected chi connectivity index (χ2v) is 7.22. The van der Waals surface area contributed by atoms with Crippen molar-refractivity contribution in [3.63, 3.8) is 0 Å². The van der Waals surface area contributed by atoms with Crippen LogP contribution in [0.5, 0.6) is 5.75 Å². The molecule has 2 heterocycles. The molecule has 0 aliphatic rings. The van der Waals surface area contributed by atoms with Crippen LogP contribution < -0.4 is 15.0 Å². The van der Waals surface area contributed by atoms with Gasteiger partial charge in [-0.05, 0) is 24.3 Å². The smallest absolute Gasteiger partial charge is 0.416 e. The molecule has 0 fully saturated rings. The summed E-state index contributed by atoms with van der Waals surface area (Å²) in [6.45, 7) is 0. The van der Waals surface area contributed by atoms with Crippen LogP contribution in [0.1, 0.15) is 16.1 Å². The van der Waals surface area contributed by atoms with Crippen LogP contribution in [0.2, 0.25) is 0 Å². The second kappa shape index (κ2) is 8.45. The number of methoxy groups -OCH3 is 1. The van der Waals surface area contributed by atoms with Gasteiger partial charge in [0.2, 0.25) is 0 Å². The van der Waals surface area contributed by atoms with Gasteiger partial charge in [0.15, 0.2) is 5.65 Å². The highest BCUT2D eigenvalue weighted by Gasteiger charge is 2.30. The summed E-state index contributed by atoms with van der Waals surface area (Å²) in [4.78, 5) is 23.0. The summed E-state index contributed by atoms with van der Waals surface area (Å²) >= 11 is 0. The van der Waals surface area contributed by atoms with Crippen molar-refractivity contribution in [1.29, 1.82) is 0 Å². The van der Waals surface area contributed by atoms with E-state index in [1.54, 1.807) is 30.6 Å². The maximum atomic E-state index is 13.2. The third-order valence-corrected chi connectivity index (χ3v) is 5.26. The number of carbonyl (C=O) groups is 1. The molecule has 0 spiro atoms. The number of benzene rings is 2. The fourth-order valence-corrected chi connectivity index (χ4v) is 3.43. The number of nitrogens with zero attached hydrogens (tertiary/aromatic N) is 4. The molecule has 0 unspecified atom stereocenters. The second-order valence-electron chi connectivity index (χ2n) is 7.22. The lowest BCUT2D eigenvalue weighted by molar-refractivity contribution is -0.137. The van der Waals surface area contributed by atoms with E-state index < -0.39 is 11.7 Å². The SMILES string of the molecule is CNc1ccc(N(C)C(=O)c2cn3c(-c4ccc(C(F)(F)F)cc4)cnc3cn2)c(OC)c1. The molecule has 7 nitrogen and oxygen atoms in total. The Labute approximate surface area is 187 Å². The quantitative estimate of drug-likeness (QED) is 0.471. The predicted molar refractivity (Wildman–Crippen MR) is 119 cm³/mol. The van der Waals surface area contributed by atoms with Crippen LogP contribution in [0, 0.1) is 0 Å². The Bertz CT molecular complexity index is 1320. The maximum absolute atomic E-state index is 13.2. The van der Waals surface area contributed by atoms with Gasteiger partial charge < -0.3 is 15.0 Å². The summed E-state index contributed by atoms with van der Waals surface area (Å²) in [5.41, 5.74) is 2.30. The largest absolute Gasteiger partial charge is 0.494 e. The molecular weight excluding hydrogens is 435 g/mol. The van der Waals surface area contributed by atoms with Gasteiger partial charge in [0.1, 0.15) is 11.4 Å². The molecule has 4 aromatic rings. The number of ether oxygens (including phenoxy) is 1. The summed E-state index contributed by atoms with van der Waals surface area (Å²) in [6.07, 6.45) is 0.0637. The number of hydrogen-bond donors (Lipinski definition) is 1. The standard InChI is InChI=1S/C23H20F3N5O2/c1-27-16-8-9-18(20(10-16)33-3)30(2)22(32)17-13-31-19(11-29-21(31)12-28-17)14-4-6-15(7-5-14)23(24,25)26/h4-13,27H,1-3H3. The Hall–Kier alpha value is -4.08. The van der Waals surface area contributed by atoms with E-state index in [0.717, 1.165) is 17.8 Å². The molecule has 1 N–H and O–H groups in total. The number of aromatic nitrogens is 3. The Kier molecular flexibility index (Phi) is 5.67. The first-order valence-electron chi connectivity index (χ1n) is 9.87. The van der Waals surface area contributed by atoms with Crippen molar-refractivity contribution >= 4 is 22.9 Å². The number of alkyl halides is 3. The van der Waals surface area contributed by atoms with E-state index in [4.69, 9.17) is 4.74 Å². The number of rotatable bonds is 5. The zero-order chi connectivity index (χ0) is 23.8. The highest BCUT2D eigenvalue weighted by molar-refractivity contribution is 6.05. The van der Waals surface area contributed by atoms with E-state index in [-0.39, 0.29) is 11.6 Å². The Balaban J connectivity index is 1.69. The van der Waals surface area contributed by atoms with Gasteiger partial charge in [0.05, 0.1) is 36.4 Å². The molecule has 2 aromatic heterocycles. The van der Waals surface area contributed by atoms with Gasteiger partial charge in [-0.2, -0.15) is 13.2 Å². The third-order valence-electron chi connectivity index (χ3n) is 5.26. The first kappa shape index (κ1) is 22.1. The molecule has 0 aliphatic carbocycles. The lowest BCUT2D eigenvalue weighted by Gasteiger charge is -2.20. The summed E-state index contributed by atoms with van der Waals surface area (Å²) < 4.78 is 45.7. The van der Waals surface area contributed by atoms with Gasteiger partial charge in [0, 0.05) is 37.6 Å². The number of anilines is 2. The Morgan fingerprint density at radius 1 is 1.09 bits per heavy atom. The van der Waals surface area contributed by atoms with Gasteiger partial charge in [-0.15, -0.1) is 0 Å². The molecular formula is C23H20F3N5O2. The average molecular weight is 455 g/mol. The maximum Gasteiger partial charge on any atom is 0.416 e. The molecule has 0 saturated carbocycles. The van der Waals surface area contributed by atoms with Gasteiger partial charge in [-0.3, -0.25) is 9.20 Å². The first-order valence-corrected chi connectivity index (χ1v) is 9.87. The summed E-state index contributed by atoms with van der Waals surface area (Å²) in [7, 11) is 4.90. The molecule has 0 radical (unpaired) electrons. The molecule has 33 heavy (non-hydrogen) atoms. The zero-order valence-corrected chi connectivity index (χ0v) is 18.0. The van der Waals surface area contributed by atoms with Crippen LogP contribution in [0.4, 0.5) is 24.5 Å². The van der Waals surface area contributed by atoms with Crippen molar-refractivity contribution in [3.05, 3.63) is 72.3 Å². The fourth-order valence-electron chi connectivity index (χ4n) is 3.43. The van der Waals surface area contributed by atoms with Crippen molar-refractivity contribution in [3.8, 4) is 17.0 Å². The van der Waals surface area contributed by atoms with Gasteiger partial charge in [0.25, 0.3) is 5.91 Å². The van der Waals surface area contributed by atoms with E-state index >= 15 is 0 Å². The van der Waals surface area contributed by atoms with Crippen molar-refractivity contribution in [2.45, 2.75) is 6.18 Å². The Morgan fingerprint density at radius 2 is 1.82 bits per heavy atom. The van der Waals surface area contributed by atoms with Crippen molar-refractivity contribution in [1.82, 2.24) is 14.4 Å². The van der Waals surface area contributed by atoms with Crippen LogP contribution in [0.3, 0.4) is 0 Å². The van der Waals surface area contributed by atoms with Crippen LogP contribution in [-0.2, 0) is 6.18 Å². The number of nitrogens with one attached hydrogen (secondary N) is 1. The highest BCUT2D eigenvalue weighted by Crippen LogP contribution is 2.32. The average Bonchev–Trinajstić information content (AvgIpc) is 3.25. The van der Waals surface area contributed by atoms with E-state index in [1.165, 1.54) is 42.7 Å². The predicted octanol–water partition coefficient (Wildman–Crippen LogP) is 4.74. The highest BCUT2D eigenvalue weighted by atomic mass is 19.4. The monoisotopic (exact) mass is 455 g/mol. The van der Waals surface area contributed by atoms with E-state index in [0.29, 0.717) is 28.3 Å². The van der Waals surface area contributed by atoms with E-state index in [9.17, 15) is 18.0 Å². The number of imidazole rings is 1. The lowest BCUT2D eigenvalue weighted by atomic mass is 10.1. The number of amides is 1. The fraction of sp³-hybridized carbons (Fsp3) is 0.174. The first-order chi connectivity index (χ1) is 15.7. The van der Waals surface area contributed by atoms with Crippen LogP contribution in [0.15, 0.2) is 61.1 Å². The van der Waals surface area contributed by atoms with Crippen LogP contribution in [0.25, 0.3) is 16.9 Å². The molecule has 4 rings (SSSR count). The number of halogens is 3. The van der Waals surface area contributed by atoms with Gasteiger partial charge >= 0.3 is 6.18 Å². The summed E-state index contributed by atoms with van der Waals surface area (Å²) in [6, 6.07) is 10.1. The van der Waals surface area contributed by atoms with Crippen LogP contribution >= 0.6 is 0 Å².